The zero-order valence-corrected chi connectivity index (χ0v) is 11.5. The van der Waals surface area contributed by atoms with Gasteiger partial charge in [0.05, 0.1) is 17.1 Å². The van der Waals surface area contributed by atoms with Crippen molar-refractivity contribution >= 4 is 17.3 Å². The third kappa shape index (κ3) is 2.82. The van der Waals surface area contributed by atoms with E-state index in [1.165, 1.54) is 25.0 Å². The lowest BCUT2D eigenvalue weighted by atomic mass is 10.2. The van der Waals surface area contributed by atoms with Crippen LogP contribution in [0.25, 0.3) is 0 Å². The molecule has 2 aliphatic rings. The molecular formula is C13H19N5O2. The lowest BCUT2D eigenvalue weighted by Crippen LogP contribution is -2.28. The van der Waals surface area contributed by atoms with Gasteiger partial charge in [0.2, 0.25) is 0 Å². The number of anilines is 2. The maximum Gasteiger partial charge on any atom is 0.276 e. The van der Waals surface area contributed by atoms with Gasteiger partial charge in [0, 0.05) is 32.2 Å². The zero-order chi connectivity index (χ0) is 14.1. The minimum atomic E-state index is -0.390. The van der Waals surface area contributed by atoms with Crippen molar-refractivity contribution in [2.45, 2.75) is 31.3 Å². The second-order valence-corrected chi connectivity index (χ2v) is 5.46. The molecule has 1 saturated carbocycles. The summed E-state index contributed by atoms with van der Waals surface area (Å²) in [5, 5.41) is 17.1. The Balaban J connectivity index is 1.70. The van der Waals surface area contributed by atoms with E-state index in [0.717, 1.165) is 25.6 Å². The van der Waals surface area contributed by atoms with Gasteiger partial charge in [-0.1, -0.05) is 0 Å². The van der Waals surface area contributed by atoms with Gasteiger partial charge in [-0.2, -0.15) is 0 Å². The van der Waals surface area contributed by atoms with Gasteiger partial charge in [0.25, 0.3) is 5.69 Å². The van der Waals surface area contributed by atoms with Gasteiger partial charge >= 0.3 is 0 Å². The standard InChI is InChI=1S/C13H19N5O2/c1-14-12-6-11(18(19)20)7-13(16-12)15-9-4-5-17(8-9)10-2-3-10/h6-7,9-10H,2-5,8H2,1H3,(H2,14,15,16). The number of pyridine rings is 1. The van der Waals surface area contributed by atoms with E-state index < -0.39 is 4.92 Å². The van der Waals surface area contributed by atoms with Crippen LogP contribution in [-0.4, -0.2) is 47.0 Å². The largest absolute Gasteiger partial charge is 0.373 e. The first-order chi connectivity index (χ1) is 9.65. The van der Waals surface area contributed by atoms with Crippen LogP contribution >= 0.6 is 0 Å². The summed E-state index contributed by atoms with van der Waals surface area (Å²) in [7, 11) is 1.71. The van der Waals surface area contributed by atoms with Crippen molar-refractivity contribution in [1.29, 1.82) is 0 Å². The zero-order valence-electron chi connectivity index (χ0n) is 11.5. The van der Waals surface area contributed by atoms with Gasteiger partial charge < -0.3 is 10.6 Å². The van der Waals surface area contributed by atoms with Crippen LogP contribution in [0, 0.1) is 10.1 Å². The average molecular weight is 277 g/mol. The van der Waals surface area contributed by atoms with Crippen molar-refractivity contribution < 1.29 is 4.92 Å². The van der Waals surface area contributed by atoms with Gasteiger partial charge in [0.1, 0.15) is 11.6 Å². The summed E-state index contributed by atoms with van der Waals surface area (Å²) in [6, 6.07) is 4.04. The molecule has 0 aromatic carbocycles. The Kier molecular flexibility index (Phi) is 3.43. The van der Waals surface area contributed by atoms with Gasteiger partial charge in [-0.15, -0.1) is 0 Å². The lowest BCUT2D eigenvalue weighted by molar-refractivity contribution is -0.384. The molecule has 0 spiro atoms. The van der Waals surface area contributed by atoms with E-state index in [1.807, 2.05) is 0 Å². The molecule has 0 amide bonds. The Labute approximate surface area is 117 Å². The number of rotatable bonds is 5. The molecule has 0 radical (unpaired) electrons. The number of nitrogens with zero attached hydrogens (tertiary/aromatic N) is 3. The molecule has 2 fully saturated rings. The minimum Gasteiger partial charge on any atom is -0.373 e. The molecule has 1 aromatic heterocycles. The molecule has 7 heteroatoms. The van der Waals surface area contributed by atoms with E-state index in [1.54, 1.807) is 7.05 Å². The van der Waals surface area contributed by atoms with Crippen molar-refractivity contribution in [3.05, 3.63) is 22.2 Å². The maximum absolute atomic E-state index is 10.9. The lowest BCUT2D eigenvalue weighted by Gasteiger charge is -2.16. The smallest absolute Gasteiger partial charge is 0.276 e. The molecule has 1 unspecified atom stereocenters. The molecule has 7 nitrogen and oxygen atoms in total. The van der Waals surface area contributed by atoms with E-state index in [4.69, 9.17) is 0 Å². The van der Waals surface area contributed by atoms with Gasteiger partial charge in [0.15, 0.2) is 0 Å². The van der Waals surface area contributed by atoms with Crippen LogP contribution in [0.4, 0.5) is 17.3 Å². The molecule has 1 aliphatic heterocycles. The topological polar surface area (TPSA) is 83.3 Å². The molecule has 0 bridgehead atoms. The highest BCUT2D eigenvalue weighted by Gasteiger charge is 2.34. The van der Waals surface area contributed by atoms with E-state index in [-0.39, 0.29) is 5.69 Å². The third-order valence-corrected chi connectivity index (χ3v) is 3.91. The number of nitrogens with one attached hydrogen (secondary N) is 2. The number of aromatic nitrogens is 1. The first kappa shape index (κ1) is 13.1. The molecule has 2 heterocycles. The Morgan fingerprint density at radius 2 is 2.10 bits per heavy atom. The van der Waals surface area contributed by atoms with Crippen molar-refractivity contribution in [3.8, 4) is 0 Å². The summed E-state index contributed by atoms with van der Waals surface area (Å²) < 4.78 is 0. The van der Waals surface area contributed by atoms with Crippen molar-refractivity contribution in [3.63, 3.8) is 0 Å². The number of nitro groups is 1. The first-order valence-corrected chi connectivity index (χ1v) is 7.00. The second-order valence-electron chi connectivity index (χ2n) is 5.46. The molecule has 108 valence electrons. The van der Waals surface area contributed by atoms with Crippen molar-refractivity contribution in [1.82, 2.24) is 9.88 Å². The van der Waals surface area contributed by atoms with Gasteiger partial charge in [-0.05, 0) is 19.3 Å². The summed E-state index contributed by atoms with van der Waals surface area (Å²) in [5.41, 5.74) is 0.0592. The monoisotopic (exact) mass is 277 g/mol. The summed E-state index contributed by atoms with van der Waals surface area (Å²) in [6.45, 7) is 2.11. The Hall–Kier alpha value is -1.89. The Bertz CT molecular complexity index is 517. The molecule has 1 saturated heterocycles. The van der Waals surface area contributed by atoms with E-state index in [2.05, 4.69) is 20.5 Å². The van der Waals surface area contributed by atoms with Crippen LogP contribution in [0.3, 0.4) is 0 Å². The summed E-state index contributed by atoms with van der Waals surface area (Å²) in [4.78, 5) is 17.4. The highest BCUT2D eigenvalue weighted by Crippen LogP contribution is 2.31. The van der Waals surface area contributed by atoms with Crippen LogP contribution in [0.15, 0.2) is 12.1 Å². The highest BCUT2D eigenvalue weighted by atomic mass is 16.6. The van der Waals surface area contributed by atoms with Crippen molar-refractivity contribution in [2.75, 3.05) is 30.8 Å². The molecular weight excluding hydrogens is 258 g/mol. The first-order valence-electron chi connectivity index (χ1n) is 7.00. The Morgan fingerprint density at radius 3 is 2.75 bits per heavy atom. The van der Waals surface area contributed by atoms with Crippen LogP contribution in [0.1, 0.15) is 19.3 Å². The van der Waals surface area contributed by atoms with Gasteiger partial charge in [-0.3, -0.25) is 15.0 Å². The van der Waals surface area contributed by atoms with E-state index in [0.29, 0.717) is 17.7 Å². The number of hydrogen-bond donors (Lipinski definition) is 2. The van der Waals surface area contributed by atoms with Crippen LogP contribution in [0.5, 0.6) is 0 Å². The molecule has 2 N–H and O–H groups in total. The average Bonchev–Trinajstić information content (AvgIpc) is 3.19. The second kappa shape index (κ2) is 5.24. The summed E-state index contributed by atoms with van der Waals surface area (Å²) in [6.07, 6.45) is 3.69. The molecule has 20 heavy (non-hydrogen) atoms. The van der Waals surface area contributed by atoms with Crippen molar-refractivity contribution in [2.24, 2.45) is 0 Å². The normalized spacial score (nSPS) is 22.8. The number of likely N-dealkylation sites (tertiary alicyclic amines) is 1. The van der Waals surface area contributed by atoms with Gasteiger partial charge in [-0.25, -0.2) is 4.98 Å². The quantitative estimate of drug-likeness (QED) is 0.629. The SMILES string of the molecule is CNc1cc([N+](=O)[O-])cc(NC2CCN(C3CC3)C2)n1. The minimum absolute atomic E-state index is 0.0592. The Morgan fingerprint density at radius 1 is 1.35 bits per heavy atom. The third-order valence-electron chi connectivity index (χ3n) is 3.91. The maximum atomic E-state index is 10.9. The fourth-order valence-electron chi connectivity index (χ4n) is 2.71. The highest BCUT2D eigenvalue weighted by molar-refractivity contribution is 5.54. The van der Waals surface area contributed by atoms with E-state index >= 15 is 0 Å². The summed E-state index contributed by atoms with van der Waals surface area (Å²) in [5.74, 6) is 1.09. The van der Waals surface area contributed by atoms with E-state index in [9.17, 15) is 10.1 Å². The summed E-state index contributed by atoms with van der Waals surface area (Å²) >= 11 is 0. The van der Waals surface area contributed by atoms with Crippen LogP contribution in [-0.2, 0) is 0 Å². The molecule has 1 aromatic rings. The van der Waals surface area contributed by atoms with Crippen LogP contribution in [0.2, 0.25) is 0 Å². The predicted molar refractivity (Wildman–Crippen MR) is 77.1 cm³/mol. The number of hydrogen-bond acceptors (Lipinski definition) is 6. The van der Waals surface area contributed by atoms with Crippen LogP contribution < -0.4 is 10.6 Å². The molecule has 1 aliphatic carbocycles. The molecule has 3 rings (SSSR count). The predicted octanol–water partition coefficient (Wildman–Crippen LogP) is 1.68. The fourth-order valence-corrected chi connectivity index (χ4v) is 2.71. The molecule has 1 atom stereocenters. The fraction of sp³-hybridized carbons (Fsp3) is 0.615.